The fourth-order valence-electron chi connectivity index (χ4n) is 8.43. The van der Waals surface area contributed by atoms with Crippen LogP contribution < -0.4 is 23.7 Å². The van der Waals surface area contributed by atoms with Gasteiger partial charge in [-0.2, -0.15) is 0 Å². The highest BCUT2D eigenvalue weighted by Gasteiger charge is 2.44. The number of imidazole rings is 1. The van der Waals surface area contributed by atoms with Crippen molar-refractivity contribution in [2.45, 2.75) is 43.2 Å². The number of ether oxygens (including phenoxy) is 5. The number of carboxylic acid groups (broad SMARTS) is 2. The van der Waals surface area contributed by atoms with Gasteiger partial charge in [0.25, 0.3) is 5.91 Å². The van der Waals surface area contributed by atoms with E-state index in [1.165, 1.54) is 33.5 Å². The van der Waals surface area contributed by atoms with E-state index < -0.39 is 17.5 Å². The van der Waals surface area contributed by atoms with Gasteiger partial charge in [-0.3, -0.25) is 4.79 Å². The number of likely N-dealkylation sites (tertiary alicyclic amines) is 2. The molecule has 63 heavy (non-hydrogen) atoms. The van der Waals surface area contributed by atoms with Gasteiger partial charge < -0.3 is 53.4 Å². The van der Waals surface area contributed by atoms with Crippen molar-refractivity contribution in [2.75, 3.05) is 68.3 Å². The lowest BCUT2D eigenvalue weighted by Crippen LogP contribution is -2.45. The van der Waals surface area contributed by atoms with Gasteiger partial charge in [0, 0.05) is 55.9 Å². The first-order valence-corrected chi connectivity index (χ1v) is 20.4. The van der Waals surface area contributed by atoms with Gasteiger partial charge >= 0.3 is 11.9 Å². The molecule has 1 aromatic heterocycles. The molecule has 0 saturated carbocycles. The summed E-state index contributed by atoms with van der Waals surface area (Å²) in [5.41, 5.74) is 2.72. The number of carbonyl (C=O) groups excluding carboxylic acids is 1. The number of amides is 1. The van der Waals surface area contributed by atoms with Crippen LogP contribution in [0, 0.1) is 5.82 Å². The highest BCUT2D eigenvalue weighted by Crippen LogP contribution is 2.44. The Balaban J connectivity index is 0.000000753. The number of aromatic nitrogens is 2. The molecule has 0 aliphatic carbocycles. The van der Waals surface area contributed by atoms with Crippen LogP contribution >= 0.6 is 0 Å². The van der Waals surface area contributed by atoms with Crippen molar-refractivity contribution in [3.05, 3.63) is 119 Å². The smallest absolute Gasteiger partial charge is 0.328 e. The van der Waals surface area contributed by atoms with Crippen LogP contribution in [0.1, 0.15) is 53.0 Å². The molecule has 2 aliphatic heterocycles. The number of aliphatic hydroxyl groups is 1. The van der Waals surface area contributed by atoms with Crippen LogP contribution in [0.15, 0.2) is 91.0 Å². The number of para-hydroxylation sites is 2. The number of carbonyl (C=O) groups is 3. The van der Waals surface area contributed by atoms with Crippen LogP contribution in [0.25, 0.3) is 11.0 Å². The van der Waals surface area contributed by atoms with Gasteiger partial charge in [-0.05, 0) is 91.9 Å². The van der Waals surface area contributed by atoms with Gasteiger partial charge in [-0.15, -0.1) is 0 Å². The number of aliphatic carboxylic acids is 2. The van der Waals surface area contributed by atoms with Crippen molar-refractivity contribution >= 4 is 28.9 Å². The van der Waals surface area contributed by atoms with Crippen molar-refractivity contribution in [1.82, 2.24) is 19.4 Å². The number of fused-ring (bicyclic) bond motifs is 1. The number of methoxy groups -OCH3 is 5. The third kappa shape index (κ3) is 10.4. The van der Waals surface area contributed by atoms with Gasteiger partial charge in [-0.25, -0.2) is 19.0 Å². The Kier molecular flexibility index (Phi) is 14.6. The van der Waals surface area contributed by atoms with E-state index in [1.807, 2.05) is 41.3 Å². The standard InChI is InChI=1S/C43H49FN4O7.C4H4O4/c1-51-35-15-12-31(26-36(35)52-2)42(17-23-47(28-42)40(49)30-24-37(53-3)39(55-5)38(25-30)54-4)16-20-46-21-18-43(50,19-22-46)41-45-33-8-6-7-9-34(33)48(41)27-29-10-13-32(44)14-11-29;5-3(6)1-2-4(7)8/h6-15,24-26,50H,16-23,27-28H2,1-5H3;1-2H,(H,5,6)(H,7,8)/b;2-1-. The topological polar surface area (TPSA) is 182 Å². The third-order valence-corrected chi connectivity index (χ3v) is 11.8. The van der Waals surface area contributed by atoms with E-state index in [-0.39, 0.29) is 17.1 Å². The van der Waals surface area contributed by atoms with Crippen molar-refractivity contribution < 1.29 is 57.8 Å². The van der Waals surface area contributed by atoms with Crippen LogP contribution in [0.5, 0.6) is 28.7 Å². The highest BCUT2D eigenvalue weighted by molar-refractivity contribution is 5.96. The van der Waals surface area contributed by atoms with E-state index in [2.05, 4.69) is 15.5 Å². The number of carboxylic acids is 2. The van der Waals surface area contributed by atoms with Gasteiger partial charge in [0.1, 0.15) is 17.2 Å². The Bertz CT molecular complexity index is 2400. The summed E-state index contributed by atoms with van der Waals surface area (Å²) in [4.78, 5) is 42.5. The molecular weight excluding hydrogens is 816 g/mol. The zero-order valence-corrected chi connectivity index (χ0v) is 36.0. The molecule has 1 unspecified atom stereocenters. The molecule has 0 radical (unpaired) electrons. The summed E-state index contributed by atoms with van der Waals surface area (Å²) in [6, 6.07) is 23.8. The molecule has 5 aromatic rings. The molecule has 3 heterocycles. The largest absolute Gasteiger partial charge is 0.493 e. The summed E-state index contributed by atoms with van der Waals surface area (Å²) in [6.07, 6.45) is 3.67. The van der Waals surface area contributed by atoms with E-state index in [0.717, 1.165) is 41.5 Å². The molecule has 1 atom stereocenters. The van der Waals surface area contributed by atoms with Crippen molar-refractivity contribution in [2.24, 2.45) is 0 Å². The molecule has 15 nitrogen and oxygen atoms in total. The first-order chi connectivity index (χ1) is 30.3. The highest BCUT2D eigenvalue weighted by atomic mass is 19.1. The first-order valence-electron chi connectivity index (χ1n) is 20.4. The second kappa shape index (κ2) is 20.0. The predicted octanol–water partition coefficient (Wildman–Crippen LogP) is 6.14. The maximum atomic E-state index is 14.1. The summed E-state index contributed by atoms with van der Waals surface area (Å²) in [7, 11) is 7.86. The van der Waals surface area contributed by atoms with Gasteiger partial charge in [0.2, 0.25) is 5.75 Å². The molecule has 16 heteroatoms. The van der Waals surface area contributed by atoms with Crippen LogP contribution in [0.2, 0.25) is 0 Å². The fraction of sp³-hybridized carbons (Fsp3) is 0.362. The SMILES string of the molecule is COc1ccc(C2(CCN3CCC(O)(c4nc5ccccc5n4Cc4ccc(F)cc4)CC3)CCN(C(=O)c3cc(OC)c(OC)c(OC)c3)C2)cc1OC.O=C(O)/C=C\C(=O)O. The number of piperidine rings is 1. The normalized spacial score (nSPS) is 17.2. The quantitative estimate of drug-likeness (QED) is 0.102. The lowest BCUT2D eigenvalue weighted by Gasteiger charge is -2.40. The van der Waals surface area contributed by atoms with Crippen LogP contribution in [-0.4, -0.2) is 121 Å². The number of rotatable bonds is 15. The summed E-state index contributed by atoms with van der Waals surface area (Å²) >= 11 is 0. The number of nitrogens with zero attached hydrogens (tertiary/aromatic N) is 4. The molecular formula is C47H53FN4O11. The summed E-state index contributed by atoms with van der Waals surface area (Å²) in [5.74, 6) is 0.281. The Hall–Kier alpha value is -6.65. The van der Waals surface area contributed by atoms with Gasteiger partial charge in [-0.1, -0.05) is 30.3 Å². The Labute approximate surface area is 364 Å². The third-order valence-electron chi connectivity index (χ3n) is 11.8. The fourth-order valence-corrected chi connectivity index (χ4v) is 8.43. The second-order valence-electron chi connectivity index (χ2n) is 15.5. The summed E-state index contributed by atoms with van der Waals surface area (Å²) in [5, 5.41) is 27.9. The number of halogens is 1. The average Bonchev–Trinajstić information content (AvgIpc) is 3.91. The van der Waals surface area contributed by atoms with E-state index in [9.17, 15) is 23.9 Å². The maximum Gasteiger partial charge on any atom is 0.328 e. The van der Waals surface area contributed by atoms with Crippen molar-refractivity contribution in [1.29, 1.82) is 0 Å². The minimum Gasteiger partial charge on any atom is -0.493 e. The predicted molar refractivity (Wildman–Crippen MR) is 232 cm³/mol. The first kappa shape index (κ1) is 45.9. The van der Waals surface area contributed by atoms with E-state index in [4.69, 9.17) is 38.9 Å². The molecule has 0 bridgehead atoms. The summed E-state index contributed by atoms with van der Waals surface area (Å²) < 4.78 is 43.7. The van der Waals surface area contributed by atoms with E-state index in [0.29, 0.717) is 97.9 Å². The minimum absolute atomic E-state index is 0.117. The number of benzene rings is 4. The van der Waals surface area contributed by atoms with Gasteiger partial charge in [0.15, 0.2) is 23.0 Å². The van der Waals surface area contributed by atoms with Gasteiger partial charge in [0.05, 0.1) is 46.6 Å². The van der Waals surface area contributed by atoms with Crippen LogP contribution in [0.4, 0.5) is 4.39 Å². The molecule has 4 aromatic carbocycles. The lowest BCUT2D eigenvalue weighted by atomic mass is 9.76. The molecule has 1 amide bonds. The lowest BCUT2D eigenvalue weighted by molar-refractivity contribution is -0.134. The van der Waals surface area contributed by atoms with Crippen LogP contribution in [0.3, 0.4) is 0 Å². The Morgan fingerprint density at radius 1 is 0.746 bits per heavy atom. The molecule has 2 saturated heterocycles. The summed E-state index contributed by atoms with van der Waals surface area (Å²) in [6.45, 7) is 3.65. The monoisotopic (exact) mass is 868 g/mol. The second-order valence-corrected chi connectivity index (χ2v) is 15.5. The maximum absolute atomic E-state index is 14.1. The Morgan fingerprint density at radius 2 is 1.37 bits per heavy atom. The Morgan fingerprint density at radius 3 is 1.95 bits per heavy atom. The zero-order valence-electron chi connectivity index (χ0n) is 36.0. The average molecular weight is 869 g/mol. The van der Waals surface area contributed by atoms with Crippen LogP contribution in [-0.2, 0) is 27.1 Å². The molecule has 3 N–H and O–H groups in total. The minimum atomic E-state index is -1.26. The number of hydrogen-bond donors (Lipinski definition) is 3. The molecule has 7 rings (SSSR count). The zero-order chi connectivity index (χ0) is 45.3. The van der Waals surface area contributed by atoms with E-state index >= 15 is 0 Å². The molecule has 334 valence electrons. The molecule has 2 fully saturated rings. The van der Waals surface area contributed by atoms with E-state index in [1.54, 1.807) is 38.5 Å². The number of hydrogen-bond acceptors (Lipinski definition) is 11. The van der Waals surface area contributed by atoms with Crippen molar-refractivity contribution in [3.63, 3.8) is 0 Å². The molecule has 0 spiro atoms. The van der Waals surface area contributed by atoms with Crippen molar-refractivity contribution in [3.8, 4) is 28.7 Å². The molecule has 2 aliphatic rings.